The molecule has 0 spiro atoms. The fourth-order valence-corrected chi connectivity index (χ4v) is 1.97. The van der Waals surface area contributed by atoms with E-state index in [1.807, 2.05) is 0 Å². The van der Waals surface area contributed by atoms with Gasteiger partial charge in [-0.25, -0.2) is 4.39 Å². The molecule has 2 rings (SSSR count). The van der Waals surface area contributed by atoms with Gasteiger partial charge in [-0.2, -0.15) is 0 Å². The minimum atomic E-state index is -0.409. The summed E-state index contributed by atoms with van der Waals surface area (Å²) in [6.45, 7) is 0. The zero-order chi connectivity index (χ0) is 9.64. The van der Waals surface area contributed by atoms with E-state index in [1.165, 1.54) is 6.07 Å². The van der Waals surface area contributed by atoms with E-state index in [0.717, 1.165) is 21.8 Å². The molecule has 0 bridgehead atoms. The van der Waals surface area contributed by atoms with Crippen LogP contribution in [0, 0.1) is 5.82 Å². The zero-order valence-electron chi connectivity index (χ0n) is 6.78. The van der Waals surface area contributed by atoms with Gasteiger partial charge in [0, 0.05) is 20.0 Å². The van der Waals surface area contributed by atoms with Crippen LogP contribution in [0.15, 0.2) is 21.1 Å². The second kappa shape index (κ2) is 3.04. The molecule has 0 heterocycles. The molecule has 0 amide bonds. The van der Waals surface area contributed by atoms with Crippen LogP contribution in [-0.4, -0.2) is 0 Å². The molecule has 1 fully saturated rings. The Balaban J connectivity index is 2.52. The highest BCUT2D eigenvalue weighted by molar-refractivity contribution is 9.13. The molecule has 1 saturated carbocycles. The molecular weight excluding hydrogens is 301 g/mol. The molecule has 0 aromatic heterocycles. The van der Waals surface area contributed by atoms with Gasteiger partial charge in [0.25, 0.3) is 0 Å². The topological polar surface area (TPSA) is 26.0 Å². The largest absolute Gasteiger partial charge is 0.321 e. The summed E-state index contributed by atoms with van der Waals surface area (Å²) in [5.41, 5.74) is 6.12. The van der Waals surface area contributed by atoms with Gasteiger partial charge in [-0.05, 0) is 56.8 Å². The Hall–Kier alpha value is 0.0700. The van der Waals surface area contributed by atoms with Crippen LogP contribution >= 0.6 is 31.9 Å². The summed E-state index contributed by atoms with van der Waals surface area (Å²) in [5.74, 6) is -0.227. The van der Waals surface area contributed by atoms with Crippen LogP contribution in [0.2, 0.25) is 0 Å². The van der Waals surface area contributed by atoms with Crippen molar-refractivity contribution in [1.29, 1.82) is 0 Å². The van der Waals surface area contributed by atoms with Crippen molar-refractivity contribution in [2.45, 2.75) is 18.4 Å². The molecule has 0 unspecified atom stereocenters. The van der Waals surface area contributed by atoms with E-state index in [1.54, 1.807) is 6.07 Å². The Kier molecular flexibility index (Phi) is 2.25. The van der Waals surface area contributed by atoms with Gasteiger partial charge in [-0.1, -0.05) is 0 Å². The average molecular weight is 309 g/mol. The van der Waals surface area contributed by atoms with Crippen LogP contribution in [0.25, 0.3) is 0 Å². The molecule has 1 aliphatic carbocycles. The van der Waals surface area contributed by atoms with Crippen molar-refractivity contribution in [3.05, 3.63) is 32.5 Å². The van der Waals surface area contributed by atoms with Crippen LogP contribution < -0.4 is 5.73 Å². The molecule has 1 nitrogen and oxygen atoms in total. The van der Waals surface area contributed by atoms with E-state index >= 15 is 0 Å². The third-order valence-electron chi connectivity index (χ3n) is 2.34. The van der Waals surface area contributed by atoms with Gasteiger partial charge in [0.2, 0.25) is 0 Å². The van der Waals surface area contributed by atoms with E-state index in [0.29, 0.717) is 5.56 Å². The van der Waals surface area contributed by atoms with Crippen molar-refractivity contribution in [3.63, 3.8) is 0 Å². The van der Waals surface area contributed by atoms with Crippen molar-refractivity contribution in [2.24, 2.45) is 5.73 Å². The molecule has 0 atom stereocenters. The summed E-state index contributed by atoms with van der Waals surface area (Å²) in [6.07, 6.45) is 1.75. The molecule has 1 aromatic rings. The SMILES string of the molecule is NC1(c2cc(Br)c(Br)cc2F)CC1. The first kappa shape index (κ1) is 9.62. The Labute approximate surface area is 92.8 Å². The predicted molar refractivity (Wildman–Crippen MR) is 56.9 cm³/mol. The number of hydrogen-bond acceptors (Lipinski definition) is 1. The van der Waals surface area contributed by atoms with E-state index in [2.05, 4.69) is 31.9 Å². The van der Waals surface area contributed by atoms with Gasteiger partial charge in [-0.15, -0.1) is 0 Å². The minimum Gasteiger partial charge on any atom is -0.321 e. The van der Waals surface area contributed by atoms with E-state index in [9.17, 15) is 4.39 Å². The maximum absolute atomic E-state index is 13.4. The quantitative estimate of drug-likeness (QED) is 0.792. The van der Waals surface area contributed by atoms with Crippen molar-refractivity contribution in [3.8, 4) is 0 Å². The number of hydrogen-bond donors (Lipinski definition) is 1. The molecule has 2 N–H and O–H groups in total. The molecule has 1 aliphatic rings. The molecule has 0 saturated heterocycles. The summed E-state index contributed by atoms with van der Waals surface area (Å²) in [7, 11) is 0. The minimum absolute atomic E-state index is 0.227. The Bertz CT molecular complexity index is 361. The molecule has 0 aliphatic heterocycles. The first-order chi connectivity index (χ1) is 6.03. The lowest BCUT2D eigenvalue weighted by molar-refractivity contribution is 0.577. The lowest BCUT2D eigenvalue weighted by Gasteiger charge is -2.11. The number of nitrogens with two attached hydrogens (primary N) is 1. The van der Waals surface area contributed by atoms with Crippen LogP contribution in [0.5, 0.6) is 0 Å². The summed E-state index contributed by atoms with van der Waals surface area (Å²) in [6, 6.07) is 3.21. The fraction of sp³-hybridized carbons (Fsp3) is 0.333. The van der Waals surface area contributed by atoms with Crippen LogP contribution in [-0.2, 0) is 5.54 Å². The molecule has 4 heteroatoms. The second-order valence-electron chi connectivity index (χ2n) is 3.40. The van der Waals surface area contributed by atoms with Crippen molar-refractivity contribution in [2.75, 3.05) is 0 Å². The standard InChI is InChI=1S/C9H8Br2FN/c10-6-3-5(9(13)1-2-9)8(12)4-7(6)11/h3-4H,1-2,13H2. The molecule has 0 radical (unpaired) electrons. The summed E-state index contributed by atoms with van der Waals surface area (Å²) in [4.78, 5) is 0. The van der Waals surface area contributed by atoms with Gasteiger partial charge in [-0.3, -0.25) is 0 Å². The Morgan fingerprint density at radius 3 is 2.31 bits per heavy atom. The van der Waals surface area contributed by atoms with Gasteiger partial charge in [0.15, 0.2) is 0 Å². The lowest BCUT2D eigenvalue weighted by atomic mass is 10.1. The summed E-state index contributed by atoms with van der Waals surface area (Å²) in [5, 5.41) is 0. The van der Waals surface area contributed by atoms with Gasteiger partial charge < -0.3 is 5.73 Å². The van der Waals surface area contributed by atoms with Crippen LogP contribution in [0.1, 0.15) is 18.4 Å². The third-order valence-corrected chi connectivity index (χ3v) is 4.18. The fourth-order valence-electron chi connectivity index (χ4n) is 1.31. The van der Waals surface area contributed by atoms with Gasteiger partial charge in [0.1, 0.15) is 5.82 Å². The number of rotatable bonds is 1. The first-order valence-corrected chi connectivity index (χ1v) is 5.55. The first-order valence-electron chi connectivity index (χ1n) is 3.97. The van der Waals surface area contributed by atoms with E-state index < -0.39 is 5.54 Å². The molecule has 13 heavy (non-hydrogen) atoms. The monoisotopic (exact) mass is 307 g/mol. The Morgan fingerprint density at radius 2 is 1.77 bits per heavy atom. The normalized spacial score (nSPS) is 18.8. The smallest absolute Gasteiger partial charge is 0.129 e. The lowest BCUT2D eigenvalue weighted by Crippen LogP contribution is -2.20. The van der Waals surface area contributed by atoms with E-state index in [-0.39, 0.29) is 5.82 Å². The average Bonchev–Trinajstić information content (AvgIpc) is 2.77. The third kappa shape index (κ3) is 1.67. The van der Waals surface area contributed by atoms with Crippen molar-refractivity contribution in [1.82, 2.24) is 0 Å². The molecule has 70 valence electrons. The van der Waals surface area contributed by atoms with Crippen LogP contribution in [0.4, 0.5) is 4.39 Å². The number of benzene rings is 1. The zero-order valence-corrected chi connectivity index (χ0v) is 9.95. The second-order valence-corrected chi connectivity index (χ2v) is 5.11. The van der Waals surface area contributed by atoms with Crippen molar-refractivity contribution >= 4 is 31.9 Å². The summed E-state index contributed by atoms with van der Waals surface area (Å²) >= 11 is 6.57. The summed E-state index contributed by atoms with van der Waals surface area (Å²) < 4.78 is 15.0. The highest BCUT2D eigenvalue weighted by Gasteiger charge is 2.42. The molecule has 1 aromatic carbocycles. The number of halogens is 3. The highest BCUT2D eigenvalue weighted by atomic mass is 79.9. The van der Waals surface area contributed by atoms with Crippen LogP contribution in [0.3, 0.4) is 0 Å². The molecular formula is C9H8Br2FN. The predicted octanol–water partition coefficient (Wildman–Crippen LogP) is 3.30. The van der Waals surface area contributed by atoms with E-state index in [4.69, 9.17) is 5.73 Å². The van der Waals surface area contributed by atoms with Crippen molar-refractivity contribution < 1.29 is 4.39 Å². The maximum Gasteiger partial charge on any atom is 0.129 e. The van der Waals surface area contributed by atoms with Gasteiger partial charge in [0.05, 0.1) is 0 Å². The Morgan fingerprint density at radius 1 is 1.23 bits per heavy atom. The maximum atomic E-state index is 13.4. The van der Waals surface area contributed by atoms with Gasteiger partial charge >= 0.3 is 0 Å². The highest BCUT2D eigenvalue weighted by Crippen LogP contribution is 2.45.